The average molecular weight is 520 g/mol. The predicted molar refractivity (Wildman–Crippen MR) is 134 cm³/mol. The van der Waals surface area contributed by atoms with E-state index >= 15 is 0 Å². The molecule has 1 N–H and O–H groups in total. The van der Waals surface area contributed by atoms with E-state index in [9.17, 15) is 23.2 Å². The molecule has 1 fully saturated rings. The monoisotopic (exact) mass is 519 g/mol. The van der Waals surface area contributed by atoms with E-state index < -0.39 is 17.8 Å². The number of rotatable bonds is 7. The summed E-state index contributed by atoms with van der Waals surface area (Å²) in [5.74, 6) is -0.763. The fraction of sp³-hybridized carbons (Fsp3) is 0.259. The van der Waals surface area contributed by atoms with Crippen LogP contribution in [-0.4, -0.2) is 43.5 Å². The lowest BCUT2D eigenvalue weighted by molar-refractivity contribution is -0.141. The zero-order valence-corrected chi connectivity index (χ0v) is 20.6. The highest BCUT2D eigenvalue weighted by atomic mass is 19.4. The van der Waals surface area contributed by atoms with Crippen LogP contribution in [0.3, 0.4) is 0 Å². The van der Waals surface area contributed by atoms with Gasteiger partial charge >= 0.3 is 6.18 Å². The molecule has 1 saturated carbocycles. The van der Waals surface area contributed by atoms with Crippen LogP contribution in [0.1, 0.15) is 51.8 Å². The number of nitriles is 1. The fourth-order valence-electron chi connectivity index (χ4n) is 4.50. The Morgan fingerprint density at radius 2 is 1.92 bits per heavy atom. The Kier molecular flexibility index (Phi) is 6.50. The Labute approximate surface area is 216 Å². The summed E-state index contributed by atoms with van der Waals surface area (Å²) in [6, 6.07) is 16.1. The van der Waals surface area contributed by atoms with Crippen LogP contribution >= 0.6 is 0 Å². The van der Waals surface area contributed by atoms with Crippen molar-refractivity contribution < 1.29 is 18.0 Å². The number of aromatic nitrogens is 4. The van der Waals surface area contributed by atoms with Gasteiger partial charge in [-0.25, -0.2) is 4.68 Å². The van der Waals surface area contributed by atoms with Gasteiger partial charge in [0.05, 0.1) is 29.6 Å². The van der Waals surface area contributed by atoms with Gasteiger partial charge in [0.15, 0.2) is 5.69 Å². The highest BCUT2D eigenvalue weighted by molar-refractivity contribution is 6.03. The number of aryl methyl sites for hydroxylation is 1. The lowest BCUT2D eigenvalue weighted by Crippen LogP contribution is -2.27. The third kappa shape index (κ3) is 5.17. The quantitative estimate of drug-likeness (QED) is 0.374. The molecule has 2 heterocycles. The number of hydrogen-bond acceptors (Lipinski definition) is 5. The highest BCUT2D eigenvalue weighted by Gasteiger charge is 2.36. The molecule has 11 heteroatoms. The molecule has 8 nitrogen and oxygen atoms in total. The van der Waals surface area contributed by atoms with Crippen molar-refractivity contribution >= 4 is 11.6 Å². The minimum atomic E-state index is -4.75. The van der Waals surface area contributed by atoms with Crippen molar-refractivity contribution in [3.63, 3.8) is 0 Å². The molecule has 194 valence electrons. The average Bonchev–Trinajstić information content (AvgIpc) is 3.49. The zero-order chi connectivity index (χ0) is 27.0. The van der Waals surface area contributed by atoms with Crippen molar-refractivity contribution in [1.82, 2.24) is 24.5 Å². The van der Waals surface area contributed by atoms with Crippen molar-refractivity contribution in [2.75, 3.05) is 12.4 Å². The van der Waals surface area contributed by atoms with Crippen molar-refractivity contribution in [3.05, 3.63) is 95.1 Å². The third-order valence-electron chi connectivity index (χ3n) is 6.48. The molecule has 38 heavy (non-hydrogen) atoms. The molecule has 0 radical (unpaired) electrons. The SMILES string of the molecule is CN(C1CC1)C(c1cccc(NC(=O)c2cc(C(F)(F)F)nn2-c2cccc(C#N)c2)c1)c1cnn(C)c1. The number of nitrogens with zero attached hydrogens (tertiary/aromatic N) is 6. The number of anilines is 1. The van der Waals surface area contributed by atoms with Crippen LogP contribution in [0.5, 0.6) is 0 Å². The molecular weight excluding hydrogens is 495 g/mol. The summed E-state index contributed by atoms with van der Waals surface area (Å²) >= 11 is 0. The third-order valence-corrected chi connectivity index (χ3v) is 6.48. The molecular formula is C27H24F3N7O. The summed E-state index contributed by atoms with van der Waals surface area (Å²) in [7, 11) is 3.89. The molecule has 0 saturated heterocycles. The summed E-state index contributed by atoms with van der Waals surface area (Å²) in [6.45, 7) is 0. The van der Waals surface area contributed by atoms with Gasteiger partial charge in [-0.15, -0.1) is 0 Å². The van der Waals surface area contributed by atoms with Crippen LogP contribution < -0.4 is 5.32 Å². The minimum Gasteiger partial charge on any atom is -0.321 e. The number of halogens is 3. The lowest BCUT2D eigenvalue weighted by atomic mass is 9.99. The van der Waals surface area contributed by atoms with Crippen LogP contribution in [0.4, 0.5) is 18.9 Å². The van der Waals surface area contributed by atoms with Crippen molar-refractivity contribution in [1.29, 1.82) is 5.26 Å². The molecule has 0 spiro atoms. The number of nitrogens with one attached hydrogen (secondary N) is 1. The van der Waals surface area contributed by atoms with E-state index in [4.69, 9.17) is 0 Å². The molecule has 1 atom stereocenters. The van der Waals surface area contributed by atoms with Crippen LogP contribution in [0.2, 0.25) is 0 Å². The van der Waals surface area contributed by atoms with Crippen LogP contribution in [-0.2, 0) is 13.2 Å². The second-order valence-corrected chi connectivity index (χ2v) is 9.31. The van der Waals surface area contributed by atoms with Crippen LogP contribution in [0, 0.1) is 11.3 Å². The highest BCUT2D eigenvalue weighted by Crippen LogP contribution is 2.37. The maximum absolute atomic E-state index is 13.5. The largest absolute Gasteiger partial charge is 0.435 e. The molecule has 2 aromatic heterocycles. The molecule has 1 amide bonds. The number of carbonyl (C=O) groups excluding carboxylic acids is 1. The van der Waals surface area contributed by atoms with Crippen LogP contribution in [0.15, 0.2) is 67.0 Å². The second kappa shape index (κ2) is 9.79. The van der Waals surface area contributed by atoms with Crippen molar-refractivity contribution in [3.8, 4) is 11.8 Å². The van der Waals surface area contributed by atoms with E-state index in [-0.39, 0.29) is 23.0 Å². The van der Waals surface area contributed by atoms with E-state index in [2.05, 4.69) is 20.4 Å². The first-order chi connectivity index (χ1) is 18.1. The van der Waals surface area contributed by atoms with E-state index in [1.807, 2.05) is 38.5 Å². The van der Waals surface area contributed by atoms with Gasteiger partial charge in [0.2, 0.25) is 0 Å². The van der Waals surface area contributed by atoms with Gasteiger partial charge < -0.3 is 5.32 Å². The Hall–Kier alpha value is -4.43. The van der Waals surface area contributed by atoms with Crippen LogP contribution in [0.25, 0.3) is 5.69 Å². The van der Waals surface area contributed by atoms with Gasteiger partial charge in [-0.1, -0.05) is 18.2 Å². The molecule has 2 aromatic carbocycles. The summed E-state index contributed by atoms with van der Waals surface area (Å²) in [6.07, 6.45) is 1.20. The minimum absolute atomic E-state index is 0.107. The Morgan fingerprint density at radius 3 is 2.58 bits per heavy atom. The van der Waals surface area contributed by atoms with Gasteiger partial charge in [-0.05, 0) is 55.8 Å². The molecule has 1 aliphatic rings. The molecule has 1 unspecified atom stereocenters. The van der Waals surface area contributed by atoms with E-state index in [0.29, 0.717) is 17.8 Å². The topological polar surface area (TPSA) is 91.8 Å². The zero-order valence-electron chi connectivity index (χ0n) is 20.6. The molecule has 5 rings (SSSR count). The number of carbonyl (C=O) groups is 1. The van der Waals surface area contributed by atoms with E-state index in [1.165, 1.54) is 24.3 Å². The first-order valence-electron chi connectivity index (χ1n) is 11.9. The molecule has 0 bridgehead atoms. The maximum Gasteiger partial charge on any atom is 0.435 e. The lowest BCUT2D eigenvalue weighted by Gasteiger charge is -2.28. The molecule has 0 aliphatic heterocycles. The Balaban J connectivity index is 1.48. The maximum atomic E-state index is 13.5. The van der Waals surface area contributed by atoms with Gasteiger partial charge in [-0.2, -0.15) is 28.6 Å². The standard InChI is InChI=1S/C27H24F3N7O/c1-35-16-19(15-32-35)25(36(2)21-9-10-21)18-6-4-7-20(12-18)33-26(38)23-13-24(27(28,29)30)34-37(23)22-8-3-5-17(11-22)14-31/h3-8,11-13,15-16,21,25H,9-10H2,1-2H3,(H,33,38). The van der Waals surface area contributed by atoms with Gasteiger partial charge in [-0.3, -0.25) is 14.4 Å². The molecule has 1 aliphatic carbocycles. The summed E-state index contributed by atoms with van der Waals surface area (Å²) in [5, 5.41) is 19.9. The predicted octanol–water partition coefficient (Wildman–Crippen LogP) is 4.93. The normalized spacial score (nSPS) is 14.3. The summed E-state index contributed by atoms with van der Waals surface area (Å²) < 4.78 is 43.2. The number of amides is 1. The van der Waals surface area contributed by atoms with Gasteiger partial charge in [0.1, 0.15) is 5.69 Å². The van der Waals surface area contributed by atoms with E-state index in [1.54, 1.807) is 23.0 Å². The van der Waals surface area contributed by atoms with Gasteiger partial charge in [0.25, 0.3) is 5.91 Å². The fourth-order valence-corrected chi connectivity index (χ4v) is 4.50. The Morgan fingerprint density at radius 1 is 1.16 bits per heavy atom. The van der Waals surface area contributed by atoms with E-state index in [0.717, 1.165) is 28.7 Å². The number of alkyl halides is 3. The van der Waals surface area contributed by atoms with Crippen molar-refractivity contribution in [2.24, 2.45) is 7.05 Å². The number of benzene rings is 2. The smallest absolute Gasteiger partial charge is 0.321 e. The summed E-state index contributed by atoms with van der Waals surface area (Å²) in [4.78, 5) is 15.6. The Bertz CT molecular complexity index is 1530. The first-order valence-corrected chi connectivity index (χ1v) is 11.9. The molecule has 4 aromatic rings. The van der Waals surface area contributed by atoms with Crippen molar-refractivity contribution in [2.45, 2.75) is 31.1 Å². The van der Waals surface area contributed by atoms with Gasteiger partial charge in [0, 0.05) is 36.6 Å². The first kappa shape index (κ1) is 25.2. The second-order valence-electron chi connectivity index (χ2n) is 9.31. The summed E-state index contributed by atoms with van der Waals surface area (Å²) in [5.41, 5.74) is 1.22. The number of hydrogen-bond donors (Lipinski definition) is 1.